The van der Waals surface area contributed by atoms with Gasteiger partial charge in [0.1, 0.15) is 6.10 Å². The molecular weight excluding hydrogens is 274 g/mol. The lowest BCUT2D eigenvalue weighted by Gasteiger charge is -2.29. The second-order valence-electron chi connectivity index (χ2n) is 6.71. The molecule has 4 heteroatoms. The fraction of sp³-hybridized carbons (Fsp3) is 0.556. The first-order valence-electron chi connectivity index (χ1n) is 8.50. The van der Waals surface area contributed by atoms with Gasteiger partial charge in [0, 0.05) is 12.1 Å². The van der Waals surface area contributed by atoms with Crippen LogP contribution in [0.2, 0.25) is 0 Å². The lowest BCUT2D eigenvalue weighted by atomic mass is 9.85. The number of hydrogen-bond donors (Lipinski definition) is 1. The van der Waals surface area contributed by atoms with Crippen molar-refractivity contribution in [2.24, 2.45) is 0 Å². The molecule has 0 amide bonds. The van der Waals surface area contributed by atoms with Crippen LogP contribution in [0.15, 0.2) is 30.5 Å². The first kappa shape index (κ1) is 13.9. The first-order chi connectivity index (χ1) is 10.8. The number of aryl methyl sites for hydroxylation is 1. The van der Waals surface area contributed by atoms with Crippen LogP contribution < -0.4 is 0 Å². The normalized spacial score (nSPS) is 25.9. The van der Waals surface area contributed by atoms with Gasteiger partial charge in [-0.25, -0.2) is 4.68 Å². The van der Waals surface area contributed by atoms with Crippen molar-refractivity contribution in [1.82, 2.24) is 15.0 Å². The summed E-state index contributed by atoms with van der Waals surface area (Å²) >= 11 is 0. The number of rotatable bonds is 2. The minimum absolute atomic E-state index is 0.0136. The Morgan fingerprint density at radius 3 is 2.73 bits per heavy atom. The van der Waals surface area contributed by atoms with Gasteiger partial charge >= 0.3 is 0 Å². The van der Waals surface area contributed by atoms with E-state index in [1.54, 1.807) is 0 Å². The van der Waals surface area contributed by atoms with E-state index < -0.39 is 6.10 Å². The molecule has 1 saturated carbocycles. The van der Waals surface area contributed by atoms with Gasteiger partial charge < -0.3 is 5.11 Å². The summed E-state index contributed by atoms with van der Waals surface area (Å²) in [5.74, 6) is 0.565. The number of fused-ring (bicyclic) bond motifs is 1. The van der Waals surface area contributed by atoms with Crippen molar-refractivity contribution in [3.05, 3.63) is 47.3 Å². The van der Waals surface area contributed by atoms with Crippen molar-refractivity contribution in [3.8, 4) is 0 Å². The third kappa shape index (κ3) is 2.45. The summed E-state index contributed by atoms with van der Waals surface area (Å²) in [6, 6.07) is 8.20. The summed E-state index contributed by atoms with van der Waals surface area (Å²) in [4.78, 5) is 0. The molecule has 2 atom stereocenters. The average Bonchev–Trinajstić information content (AvgIpc) is 3.06. The zero-order valence-electron chi connectivity index (χ0n) is 12.9. The molecule has 1 aromatic carbocycles. The minimum Gasteiger partial charge on any atom is -0.386 e. The molecule has 4 nitrogen and oxygen atoms in total. The molecule has 2 aliphatic carbocycles. The minimum atomic E-state index is -0.481. The molecule has 0 radical (unpaired) electrons. The number of nitrogens with zero attached hydrogens (tertiary/aromatic N) is 3. The molecule has 1 heterocycles. The molecular formula is C18H23N3O. The van der Waals surface area contributed by atoms with Gasteiger partial charge in [0.05, 0.1) is 11.7 Å². The van der Waals surface area contributed by atoms with E-state index >= 15 is 0 Å². The quantitative estimate of drug-likeness (QED) is 0.922. The van der Waals surface area contributed by atoms with E-state index in [1.807, 2.05) is 22.9 Å². The third-order valence-electron chi connectivity index (χ3n) is 5.34. The van der Waals surface area contributed by atoms with Crippen molar-refractivity contribution in [1.29, 1.82) is 0 Å². The standard InChI is InChI=1S/C18H23N3O/c22-18-15-9-5-4-6-13(15)10-11-17(18)21-12-16(19-20-21)14-7-2-1-3-8-14/h4-6,9,12,14,17-18,22H,1-3,7-8,10-11H2/t17-,18+/m1/s1. The molecule has 0 aliphatic heterocycles. The van der Waals surface area contributed by atoms with Crippen LogP contribution in [0.25, 0.3) is 0 Å². The number of hydrogen-bond acceptors (Lipinski definition) is 3. The predicted octanol–water partition coefficient (Wildman–Crippen LogP) is 3.55. The maximum Gasteiger partial charge on any atom is 0.102 e. The Morgan fingerprint density at radius 2 is 1.86 bits per heavy atom. The third-order valence-corrected chi connectivity index (χ3v) is 5.34. The van der Waals surface area contributed by atoms with Crippen LogP contribution in [0.3, 0.4) is 0 Å². The fourth-order valence-electron chi connectivity index (χ4n) is 4.03. The van der Waals surface area contributed by atoms with E-state index in [-0.39, 0.29) is 6.04 Å². The van der Waals surface area contributed by atoms with Crippen LogP contribution in [0, 0.1) is 0 Å². The van der Waals surface area contributed by atoms with Crippen molar-refractivity contribution in [3.63, 3.8) is 0 Å². The van der Waals surface area contributed by atoms with Crippen LogP contribution in [0.1, 0.15) is 73.4 Å². The zero-order chi connectivity index (χ0) is 14.9. The SMILES string of the molecule is O[C@H]1c2ccccc2CC[C@H]1n1cc(C2CCCCC2)nn1. The van der Waals surface area contributed by atoms with Crippen LogP contribution in [0.5, 0.6) is 0 Å². The maximum atomic E-state index is 10.7. The summed E-state index contributed by atoms with van der Waals surface area (Å²) in [5.41, 5.74) is 3.43. The Balaban J connectivity index is 1.57. The first-order valence-corrected chi connectivity index (χ1v) is 8.50. The highest BCUT2D eigenvalue weighted by molar-refractivity contribution is 5.32. The van der Waals surface area contributed by atoms with Crippen molar-refractivity contribution >= 4 is 0 Å². The predicted molar refractivity (Wildman–Crippen MR) is 84.6 cm³/mol. The summed E-state index contributed by atoms with van der Waals surface area (Å²) in [6.45, 7) is 0. The van der Waals surface area contributed by atoms with Gasteiger partial charge in [0.2, 0.25) is 0 Å². The lowest BCUT2D eigenvalue weighted by Crippen LogP contribution is -2.24. The van der Waals surface area contributed by atoms with Gasteiger partial charge in [-0.15, -0.1) is 5.10 Å². The smallest absolute Gasteiger partial charge is 0.102 e. The van der Waals surface area contributed by atoms with Crippen molar-refractivity contribution in [2.75, 3.05) is 0 Å². The molecule has 1 aromatic heterocycles. The largest absolute Gasteiger partial charge is 0.386 e. The van der Waals surface area contributed by atoms with Gasteiger partial charge in [0.25, 0.3) is 0 Å². The van der Waals surface area contributed by atoms with Crippen LogP contribution in [-0.4, -0.2) is 20.1 Å². The monoisotopic (exact) mass is 297 g/mol. The van der Waals surface area contributed by atoms with Gasteiger partial charge in [-0.2, -0.15) is 0 Å². The molecule has 0 saturated heterocycles. The van der Waals surface area contributed by atoms with E-state index in [4.69, 9.17) is 0 Å². The van der Waals surface area contributed by atoms with E-state index in [1.165, 1.54) is 37.7 Å². The van der Waals surface area contributed by atoms with Crippen molar-refractivity contribution < 1.29 is 5.11 Å². The zero-order valence-corrected chi connectivity index (χ0v) is 12.9. The van der Waals surface area contributed by atoms with Gasteiger partial charge in [0.15, 0.2) is 0 Å². The number of benzene rings is 1. The molecule has 0 unspecified atom stereocenters. The summed E-state index contributed by atoms with van der Waals surface area (Å²) in [5, 5.41) is 19.5. The maximum absolute atomic E-state index is 10.7. The molecule has 0 bridgehead atoms. The Morgan fingerprint density at radius 1 is 1.05 bits per heavy atom. The highest BCUT2D eigenvalue weighted by atomic mass is 16.3. The fourth-order valence-corrected chi connectivity index (χ4v) is 4.03. The summed E-state index contributed by atoms with van der Waals surface area (Å²) in [7, 11) is 0. The second kappa shape index (κ2) is 5.84. The van der Waals surface area contributed by atoms with Gasteiger partial charge in [-0.05, 0) is 36.8 Å². The molecule has 0 spiro atoms. The molecule has 22 heavy (non-hydrogen) atoms. The Bertz CT molecular complexity index is 645. The number of aromatic nitrogens is 3. The van der Waals surface area contributed by atoms with Gasteiger partial charge in [-0.3, -0.25) is 0 Å². The Hall–Kier alpha value is -1.68. The number of aliphatic hydroxyl groups excluding tert-OH is 1. The molecule has 2 aliphatic rings. The van der Waals surface area contributed by atoms with E-state index in [0.29, 0.717) is 5.92 Å². The highest BCUT2D eigenvalue weighted by Crippen LogP contribution is 2.38. The molecule has 116 valence electrons. The molecule has 4 rings (SSSR count). The molecule has 1 N–H and O–H groups in total. The van der Waals surface area contributed by atoms with Crippen LogP contribution in [0.4, 0.5) is 0 Å². The molecule has 1 fully saturated rings. The second-order valence-corrected chi connectivity index (χ2v) is 6.71. The van der Waals surface area contributed by atoms with E-state index in [9.17, 15) is 5.11 Å². The van der Waals surface area contributed by atoms with E-state index in [0.717, 1.165) is 24.1 Å². The highest BCUT2D eigenvalue weighted by Gasteiger charge is 2.30. The van der Waals surface area contributed by atoms with Crippen LogP contribution in [-0.2, 0) is 6.42 Å². The Kier molecular flexibility index (Phi) is 3.70. The van der Waals surface area contributed by atoms with Crippen molar-refractivity contribution in [2.45, 2.75) is 63.0 Å². The molecule has 2 aromatic rings. The number of aliphatic hydroxyl groups is 1. The lowest BCUT2D eigenvalue weighted by molar-refractivity contribution is 0.0911. The topological polar surface area (TPSA) is 50.9 Å². The Labute approximate surface area is 131 Å². The summed E-state index contributed by atoms with van der Waals surface area (Å²) < 4.78 is 1.91. The summed E-state index contributed by atoms with van der Waals surface area (Å²) in [6.07, 6.45) is 9.94. The van der Waals surface area contributed by atoms with Gasteiger partial charge in [-0.1, -0.05) is 48.7 Å². The van der Waals surface area contributed by atoms with Crippen LogP contribution >= 0.6 is 0 Å². The van der Waals surface area contributed by atoms with E-state index in [2.05, 4.69) is 22.6 Å². The average molecular weight is 297 g/mol.